The Morgan fingerprint density at radius 3 is 1.19 bits per heavy atom. The molecule has 12 N–H and O–H groups in total. The zero-order chi connectivity index (χ0) is 62.5. The van der Waals surface area contributed by atoms with E-state index in [1.54, 1.807) is 84.9 Å². The molecule has 24 atom stereocenters. The maximum absolute atomic E-state index is 15.2. The van der Waals surface area contributed by atoms with Gasteiger partial charge in [0.2, 0.25) is 0 Å². The van der Waals surface area contributed by atoms with Crippen molar-refractivity contribution < 1.29 is 99.4 Å². The van der Waals surface area contributed by atoms with Gasteiger partial charge in [-0.3, -0.25) is 19.2 Å². The number of aliphatic hydroxyl groups is 12. The monoisotopic (exact) mass is 1190 g/mol. The molecule has 0 aromatic carbocycles. The summed E-state index contributed by atoms with van der Waals surface area (Å²) in [7, 11) is 0. The van der Waals surface area contributed by atoms with Crippen molar-refractivity contribution in [3.8, 4) is 0 Å². The number of carbonyl (C=O) groups excluding carboxylic acids is 4. The Morgan fingerprint density at radius 2 is 0.776 bits per heavy atom. The van der Waals surface area contributed by atoms with E-state index in [1.807, 2.05) is 0 Å². The molecule has 85 heavy (non-hydrogen) atoms. The number of ether oxygens (including phenoxy) is 4. The van der Waals surface area contributed by atoms with Gasteiger partial charge in [-0.1, -0.05) is 113 Å². The smallest absolute Gasteiger partial charge is 0.177 e. The van der Waals surface area contributed by atoms with Crippen LogP contribution in [-0.2, 0) is 38.1 Å². The van der Waals surface area contributed by atoms with Gasteiger partial charge >= 0.3 is 0 Å². The Hall–Kier alpha value is -4.56. The van der Waals surface area contributed by atoms with E-state index in [1.165, 1.54) is 62.5 Å². The van der Waals surface area contributed by atoms with Gasteiger partial charge < -0.3 is 80.2 Å². The summed E-state index contributed by atoms with van der Waals surface area (Å²) in [6.45, 7) is 13.3. The van der Waals surface area contributed by atoms with E-state index < -0.39 is 184 Å². The van der Waals surface area contributed by atoms with Crippen LogP contribution in [0, 0.1) is 69.5 Å². The van der Waals surface area contributed by atoms with Crippen molar-refractivity contribution in [3.05, 3.63) is 119 Å². The minimum absolute atomic E-state index is 0.0405. The summed E-state index contributed by atoms with van der Waals surface area (Å²) < 4.78 is 25.1. The number of aliphatic hydroxyl groups excluding tert-OH is 12. The second kappa shape index (κ2) is 23.4. The lowest BCUT2D eigenvalue weighted by atomic mass is 9.59. The van der Waals surface area contributed by atoms with E-state index in [2.05, 4.69) is 0 Å². The van der Waals surface area contributed by atoms with Gasteiger partial charge in [-0.15, -0.1) is 0 Å². The number of allylic oxidation sites excluding steroid dienone is 4. The first-order valence-corrected chi connectivity index (χ1v) is 29.6. The predicted octanol–water partition coefficient (Wildman–Crippen LogP) is 2.12. The highest BCUT2D eigenvalue weighted by Gasteiger charge is 2.69. The largest absolute Gasteiger partial charge is 0.392 e. The molecule has 20 heteroatoms. The highest BCUT2D eigenvalue weighted by Crippen LogP contribution is 2.59. The number of ketones is 4. The molecular weight excluding hydrogens is 1100 g/mol. The number of fused-ring (bicyclic) bond motifs is 4. The van der Waals surface area contributed by atoms with Crippen molar-refractivity contribution in [2.45, 2.75) is 160 Å². The van der Waals surface area contributed by atoms with Crippen LogP contribution in [0.15, 0.2) is 119 Å². The Kier molecular flexibility index (Phi) is 17.9. The summed E-state index contributed by atoms with van der Waals surface area (Å²) in [6.07, 6.45) is 6.01. The number of rotatable bonds is 4. The molecule has 0 aromatic rings. The molecule has 0 radical (unpaired) electrons. The van der Waals surface area contributed by atoms with Crippen LogP contribution in [0.25, 0.3) is 0 Å². The molecular formula is C65H86O20. The standard InChI is InChI=1S/C65H86O20/c1-32-12-10-14-42-20-38(28-66)34(3)21-62(42)51(74)45(55(78)82-62)43(70)15-18-60(8)26-40(30-68)37(6)24-65(60)54(77)48(58(81)85-65)50(73)33(2)13-11-17-59(7)25-39(29-67)35(4)22-63(59)52(75)46(56(79)83-63)44(71)16-19-61(9)27-41(31-69)36(5)23-64(61)53(76)47(49(32)72)57(80)84-64/h10-20,25-27,34-37,42-50,55-58,66-73,78-81H,21-24,28-31H2,1-9H3/b14-10+,17-11+,18-15+,19-16+,32-12-,33-13-. The molecule has 466 valence electrons. The molecule has 9 aliphatic rings. The molecule has 24 unspecified atom stereocenters. The van der Waals surface area contributed by atoms with Gasteiger partial charge in [0.05, 0.1) is 50.8 Å². The van der Waals surface area contributed by atoms with Crippen LogP contribution in [-0.4, -0.2) is 183 Å². The van der Waals surface area contributed by atoms with Gasteiger partial charge in [0.1, 0.15) is 46.1 Å². The third-order valence-electron chi connectivity index (χ3n) is 21.1. The van der Waals surface area contributed by atoms with Gasteiger partial charge in [0, 0.05) is 22.2 Å². The quantitative estimate of drug-likeness (QED) is 0.179. The van der Waals surface area contributed by atoms with Crippen molar-refractivity contribution in [2.75, 3.05) is 26.4 Å². The fourth-order valence-corrected chi connectivity index (χ4v) is 15.7. The van der Waals surface area contributed by atoms with Gasteiger partial charge in [-0.25, -0.2) is 0 Å². The lowest BCUT2D eigenvalue weighted by Gasteiger charge is -2.47. The molecule has 4 saturated heterocycles. The van der Waals surface area contributed by atoms with Crippen molar-refractivity contribution in [1.82, 2.24) is 0 Å². The molecule has 0 aromatic heterocycles. The molecule has 0 saturated carbocycles. The molecule has 4 fully saturated rings. The predicted molar refractivity (Wildman–Crippen MR) is 305 cm³/mol. The molecule has 4 aliphatic heterocycles. The van der Waals surface area contributed by atoms with Crippen molar-refractivity contribution in [1.29, 1.82) is 0 Å². The van der Waals surface area contributed by atoms with Gasteiger partial charge in [0.25, 0.3) is 0 Å². The number of Topliss-reactive ketones (excluding diaryl/α,β-unsaturated/α-hetero) is 4. The fourth-order valence-electron chi connectivity index (χ4n) is 15.7. The fraction of sp³-hybridized carbons (Fsp3) is 0.631. The van der Waals surface area contributed by atoms with Crippen molar-refractivity contribution in [2.24, 2.45) is 69.5 Å². The molecule has 8 bridgehead atoms. The first-order chi connectivity index (χ1) is 39.8. The lowest BCUT2D eigenvalue weighted by molar-refractivity contribution is -0.186. The molecule has 20 nitrogen and oxygen atoms in total. The van der Waals surface area contributed by atoms with Crippen LogP contribution in [0.5, 0.6) is 0 Å². The average molecular weight is 1190 g/mol. The second-order valence-corrected chi connectivity index (χ2v) is 26.4. The van der Waals surface area contributed by atoms with Crippen molar-refractivity contribution in [3.63, 3.8) is 0 Å². The Bertz CT molecular complexity index is 3000. The van der Waals surface area contributed by atoms with Crippen molar-refractivity contribution >= 4 is 23.1 Å². The van der Waals surface area contributed by atoms with Gasteiger partial charge in [0.15, 0.2) is 48.3 Å². The second-order valence-electron chi connectivity index (χ2n) is 26.4. The zero-order valence-corrected chi connectivity index (χ0v) is 49.7. The minimum Gasteiger partial charge on any atom is -0.392 e. The van der Waals surface area contributed by atoms with E-state index in [0.717, 1.165) is 0 Å². The number of hydrogen-bond acceptors (Lipinski definition) is 20. The van der Waals surface area contributed by atoms with Crippen LogP contribution >= 0.6 is 0 Å². The topological polar surface area (TPSA) is 348 Å². The van der Waals surface area contributed by atoms with Gasteiger partial charge in [-0.2, -0.15) is 0 Å². The van der Waals surface area contributed by atoms with E-state index in [9.17, 15) is 66.1 Å². The first-order valence-electron chi connectivity index (χ1n) is 29.6. The summed E-state index contributed by atoms with van der Waals surface area (Å²) in [6, 6.07) is 0. The molecule has 4 spiro atoms. The highest BCUT2D eigenvalue weighted by molar-refractivity contribution is 5.97. The Balaban J connectivity index is 1.17. The molecule has 5 aliphatic carbocycles. The van der Waals surface area contributed by atoms with Crippen LogP contribution in [0.1, 0.15) is 88.0 Å². The third kappa shape index (κ3) is 10.2. The van der Waals surface area contributed by atoms with E-state index in [-0.39, 0.29) is 43.4 Å². The molecule has 0 amide bonds. The molecule has 4 heterocycles. The number of carbonyl (C=O) groups is 4. The maximum Gasteiger partial charge on any atom is 0.177 e. The summed E-state index contributed by atoms with van der Waals surface area (Å²) in [5, 5.41) is 137. The summed E-state index contributed by atoms with van der Waals surface area (Å²) in [5.74, 6) is -12.1. The van der Waals surface area contributed by atoms with Crippen LogP contribution in [0.2, 0.25) is 0 Å². The molecule has 9 rings (SSSR count). The normalized spacial score (nSPS) is 50.7. The zero-order valence-electron chi connectivity index (χ0n) is 49.7. The van der Waals surface area contributed by atoms with Crippen LogP contribution < -0.4 is 0 Å². The first kappa shape index (κ1) is 64.9. The van der Waals surface area contributed by atoms with E-state index >= 15 is 14.4 Å². The van der Waals surface area contributed by atoms with Gasteiger partial charge in [-0.05, 0) is 117 Å². The average Bonchev–Trinajstić information content (AvgIpc) is 1.67. The Labute approximate surface area is 495 Å². The maximum atomic E-state index is 15.2. The minimum atomic E-state index is -1.93. The summed E-state index contributed by atoms with van der Waals surface area (Å²) in [4.78, 5) is 60.4. The van der Waals surface area contributed by atoms with Crippen LogP contribution in [0.4, 0.5) is 0 Å². The number of hydrogen-bond donors (Lipinski definition) is 12. The van der Waals surface area contributed by atoms with Crippen LogP contribution in [0.3, 0.4) is 0 Å². The summed E-state index contributed by atoms with van der Waals surface area (Å²) in [5.41, 5.74) is -9.76. The third-order valence-corrected chi connectivity index (χ3v) is 21.1. The van der Waals surface area contributed by atoms with E-state index in [4.69, 9.17) is 18.9 Å². The SMILES string of the molecule is C/C1=C/C=C/C2(C)C=C(CO)C(C)CC23OC(O)C(C3=O)C(O)/C=C/C2(C)C=C(CO)C(C)CC23OC(O)C(C3=O)C(O)/C(C)=C\C=C\C2C=C(CO)C(C)CC23OC(O)C(C3=O)C(O)/C=C/C2(C)C=C(CO)C(C)CC23OC(O)C(C3=O)C1O. The highest BCUT2D eigenvalue weighted by atomic mass is 16.6. The lowest BCUT2D eigenvalue weighted by Crippen LogP contribution is -2.55. The Morgan fingerprint density at radius 1 is 0.435 bits per heavy atom. The van der Waals surface area contributed by atoms with E-state index in [0.29, 0.717) is 22.3 Å². The summed E-state index contributed by atoms with van der Waals surface area (Å²) >= 11 is 0.